The van der Waals surface area contributed by atoms with Crippen molar-refractivity contribution in [2.24, 2.45) is 0 Å². The Morgan fingerprint density at radius 2 is 0.911 bits per heavy atom. The molecule has 454 valence electrons. The summed E-state index contributed by atoms with van der Waals surface area (Å²) in [5.41, 5.74) is 0. The van der Waals surface area contributed by atoms with E-state index >= 15 is 0 Å². The van der Waals surface area contributed by atoms with E-state index in [9.17, 15) is 35.1 Å². The number of carbonyl (C=O) groups is 2. The third-order valence-corrected chi connectivity index (χ3v) is 14.5. The number of carbonyl (C=O) groups excluding carboxylic acids is 2. The van der Waals surface area contributed by atoms with Gasteiger partial charge in [-0.15, -0.1) is 0 Å². The quantitative estimate of drug-likeness (QED) is 0.0195. The van der Waals surface area contributed by atoms with Gasteiger partial charge in [0, 0.05) is 6.42 Å². The summed E-state index contributed by atoms with van der Waals surface area (Å²) in [5.74, 6) is -1.24. The Morgan fingerprint density at radius 1 is 0.506 bits per heavy atom. The molecule has 0 radical (unpaired) electrons. The first-order valence-electron chi connectivity index (χ1n) is 32.0. The molecule has 0 aromatic rings. The SMILES string of the molecule is CC/C=C\C/C=C\C/C=C\C/C=C\C/C=C\CCCCCC(=O)OC1C(OCC(NC(=O)C(O)CCCCCCCCCC/C=C\C/C=C\CCCCC)C(O)/C=C/CCCCCCCCCCCCC)OC(CO)C(O)C1O. The zero-order chi connectivity index (χ0) is 57.5. The first-order valence-corrected chi connectivity index (χ1v) is 32.0. The molecule has 0 aromatic carbocycles. The van der Waals surface area contributed by atoms with Crippen molar-refractivity contribution in [2.45, 2.75) is 307 Å². The van der Waals surface area contributed by atoms with Crippen LogP contribution in [-0.2, 0) is 23.8 Å². The Bertz CT molecular complexity index is 1650. The molecule has 8 atom stereocenters. The van der Waals surface area contributed by atoms with Crippen LogP contribution in [-0.4, -0.2) is 99.6 Å². The number of allylic oxidation sites excluding steroid dienone is 15. The third kappa shape index (κ3) is 43.0. The van der Waals surface area contributed by atoms with Gasteiger partial charge in [-0.25, -0.2) is 0 Å². The highest BCUT2D eigenvalue weighted by Gasteiger charge is 2.47. The largest absolute Gasteiger partial charge is 0.454 e. The van der Waals surface area contributed by atoms with Crippen LogP contribution >= 0.6 is 0 Å². The molecule has 1 aliphatic rings. The minimum atomic E-state index is -1.63. The summed E-state index contributed by atoms with van der Waals surface area (Å²) < 4.78 is 17.6. The predicted octanol–water partition coefficient (Wildman–Crippen LogP) is 15.5. The van der Waals surface area contributed by atoms with E-state index in [1.807, 2.05) is 6.08 Å². The number of rotatable bonds is 53. The number of aliphatic hydroxyl groups is 5. The van der Waals surface area contributed by atoms with Crippen molar-refractivity contribution in [3.05, 3.63) is 97.2 Å². The normalized spacial score (nSPS) is 19.5. The van der Waals surface area contributed by atoms with E-state index < -0.39 is 67.4 Å². The third-order valence-electron chi connectivity index (χ3n) is 14.5. The van der Waals surface area contributed by atoms with Crippen LogP contribution in [0, 0.1) is 0 Å². The summed E-state index contributed by atoms with van der Waals surface area (Å²) in [6.07, 6.45) is 62.9. The minimum absolute atomic E-state index is 0.0796. The number of amides is 1. The van der Waals surface area contributed by atoms with E-state index in [-0.39, 0.29) is 19.4 Å². The van der Waals surface area contributed by atoms with Gasteiger partial charge in [0.15, 0.2) is 12.4 Å². The van der Waals surface area contributed by atoms with Crippen LogP contribution in [0.3, 0.4) is 0 Å². The van der Waals surface area contributed by atoms with Crippen molar-refractivity contribution in [1.29, 1.82) is 0 Å². The maximum absolute atomic E-state index is 13.4. The standard InChI is InChI=1S/C68H117NO10/c1-4-7-10-13-16-19-22-25-27-29-31-33-35-38-41-44-47-50-53-56-63(73)79-66-65(75)64(74)62(57-70)78-68(66)77-58-59(60(71)54-51-48-45-42-39-36-24-21-18-15-12-9-6-3)69-67(76)61(72)55-52-49-46-43-40-37-34-32-30-28-26-23-20-17-14-11-8-5-2/h7,10,16-17,19-20,25-28,31,33,38,41,51,54,59-62,64-66,68,70-72,74-75H,4-6,8-9,11-15,18,21-24,29-30,32,34-37,39-40,42-50,52-53,55-58H2,1-3H3,(H,69,76)/b10-7-,19-16-,20-17-,27-25-,28-26-,33-31-,41-38-,54-51+. The van der Waals surface area contributed by atoms with E-state index in [0.29, 0.717) is 12.8 Å². The van der Waals surface area contributed by atoms with Gasteiger partial charge in [-0.1, -0.05) is 246 Å². The fourth-order valence-corrected chi connectivity index (χ4v) is 9.41. The van der Waals surface area contributed by atoms with Crippen molar-refractivity contribution < 1.29 is 49.3 Å². The van der Waals surface area contributed by atoms with Crippen LogP contribution in [0.2, 0.25) is 0 Å². The second-order valence-electron chi connectivity index (χ2n) is 21.8. The number of nitrogens with one attached hydrogen (secondary N) is 1. The number of aliphatic hydroxyl groups excluding tert-OH is 5. The zero-order valence-electron chi connectivity index (χ0n) is 50.2. The Morgan fingerprint density at radius 3 is 1.39 bits per heavy atom. The molecule has 1 fully saturated rings. The smallest absolute Gasteiger partial charge is 0.306 e. The van der Waals surface area contributed by atoms with Gasteiger partial charge in [0.25, 0.3) is 0 Å². The number of esters is 1. The highest BCUT2D eigenvalue weighted by atomic mass is 16.7. The summed E-state index contributed by atoms with van der Waals surface area (Å²) in [6.45, 7) is 5.64. The van der Waals surface area contributed by atoms with E-state index in [0.717, 1.165) is 103 Å². The van der Waals surface area contributed by atoms with E-state index in [4.69, 9.17) is 14.2 Å². The maximum atomic E-state index is 13.4. The molecule has 1 saturated heterocycles. The number of hydrogen-bond acceptors (Lipinski definition) is 10. The number of hydrogen-bond donors (Lipinski definition) is 6. The molecular weight excluding hydrogens is 991 g/mol. The molecule has 11 heteroatoms. The van der Waals surface area contributed by atoms with Crippen LogP contribution in [0.15, 0.2) is 97.2 Å². The van der Waals surface area contributed by atoms with Crippen LogP contribution < -0.4 is 5.32 Å². The molecule has 1 heterocycles. The van der Waals surface area contributed by atoms with Crippen LogP contribution in [0.1, 0.15) is 258 Å². The van der Waals surface area contributed by atoms with Crippen molar-refractivity contribution in [3.63, 3.8) is 0 Å². The molecule has 1 aliphatic heterocycles. The highest BCUT2D eigenvalue weighted by Crippen LogP contribution is 2.26. The first-order chi connectivity index (χ1) is 38.7. The molecule has 0 spiro atoms. The van der Waals surface area contributed by atoms with Gasteiger partial charge in [-0.2, -0.15) is 0 Å². The summed E-state index contributed by atoms with van der Waals surface area (Å²) in [7, 11) is 0. The monoisotopic (exact) mass is 1110 g/mol. The van der Waals surface area contributed by atoms with Crippen molar-refractivity contribution in [2.75, 3.05) is 13.2 Å². The molecular formula is C68H117NO10. The van der Waals surface area contributed by atoms with Gasteiger partial charge in [-0.05, 0) is 103 Å². The van der Waals surface area contributed by atoms with E-state index in [2.05, 4.69) is 111 Å². The fourth-order valence-electron chi connectivity index (χ4n) is 9.41. The predicted molar refractivity (Wildman–Crippen MR) is 329 cm³/mol. The van der Waals surface area contributed by atoms with Crippen molar-refractivity contribution in [1.82, 2.24) is 5.32 Å². The molecule has 6 N–H and O–H groups in total. The van der Waals surface area contributed by atoms with Gasteiger partial charge in [0.1, 0.15) is 24.4 Å². The van der Waals surface area contributed by atoms with Crippen molar-refractivity contribution in [3.8, 4) is 0 Å². The Balaban J connectivity index is 2.71. The lowest BCUT2D eigenvalue weighted by molar-refractivity contribution is -0.305. The lowest BCUT2D eigenvalue weighted by Gasteiger charge is -2.41. The number of unbranched alkanes of at least 4 members (excludes halogenated alkanes) is 25. The summed E-state index contributed by atoms with van der Waals surface area (Å²) >= 11 is 0. The average molecular weight is 1110 g/mol. The summed E-state index contributed by atoms with van der Waals surface area (Å²) in [4.78, 5) is 26.6. The van der Waals surface area contributed by atoms with Gasteiger partial charge in [0.2, 0.25) is 5.91 Å². The zero-order valence-corrected chi connectivity index (χ0v) is 50.2. The minimum Gasteiger partial charge on any atom is -0.454 e. The molecule has 0 bridgehead atoms. The van der Waals surface area contributed by atoms with Crippen LogP contribution in [0.4, 0.5) is 0 Å². The lowest BCUT2D eigenvalue weighted by atomic mass is 9.99. The van der Waals surface area contributed by atoms with Gasteiger partial charge < -0.3 is 45.1 Å². The molecule has 0 saturated carbocycles. The van der Waals surface area contributed by atoms with Gasteiger partial charge in [-0.3, -0.25) is 9.59 Å². The molecule has 0 aliphatic carbocycles. The number of ether oxygens (including phenoxy) is 3. The van der Waals surface area contributed by atoms with Gasteiger partial charge >= 0.3 is 5.97 Å². The highest BCUT2D eigenvalue weighted by molar-refractivity contribution is 5.80. The summed E-state index contributed by atoms with van der Waals surface area (Å²) in [5, 5.41) is 57.1. The van der Waals surface area contributed by atoms with E-state index in [1.165, 1.54) is 109 Å². The van der Waals surface area contributed by atoms with Crippen LogP contribution in [0.5, 0.6) is 0 Å². The second kappa shape index (κ2) is 55.1. The Kier molecular flexibility index (Phi) is 51.4. The fraction of sp³-hybridized carbons (Fsp3) is 0.735. The lowest BCUT2D eigenvalue weighted by Crippen LogP contribution is -2.61. The molecule has 79 heavy (non-hydrogen) atoms. The van der Waals surface area contributed by atoms with Crippen molar-refractivity contribution >= 4 is 11.9 Å². The molecule has 8 unspecified atom stereocenters. The molecule has 1 rings (SSSR count). The second-order valence-corrected chi connectivity index (χ2v) is 21.8. The van der Waals surface area contributed by atoms with E-state index in [1.54, 1.807) is 6.08 Å². The first kappa shape index (κ1) is 73.6. The molecule has 11 nitrogen and oxygen atoms in total. The summed E-state index contributed by atoms with van der Waals surface area (Å²) in [6, 6.07) is -1.04. The maximum Gasteiger partial charge on any atom is 0.306 e. The Labute approximate surface area is 482 Å². The topological polar surface area (TPSA) is 175 Å². The molecule has 0 aromatic heterocycles. The van der Waals surface area contributed by atoms with Gasteiger partial charge in [0.05, 0.1) is 25.4 Å². The molecule has 1 amide bonds. The van der Waals surface area contributed by atoms with Crippen LogP contribution in [0.25, 0.3) is 0 Å². The Hall–Kier alpha value is -3.42. The average Bonchev–Trinajstić information content (AvgIpc) is 3.49.